The topological polar surface area (TPSA) is 115 Å². The van der Waals surface area contributed by atoms with Crippen LogP contribution in [0.3, 0.4) is 0 Å². The molecule has 116 valence electrons. The maximum atomic E-state index is 11.8. The molecule has 1 aromatic rings. The van der Waals surface area contributed by atoms with Crippen LogP contribution in [0.1, 0.15) is 5.69 Å². The van der Waals surface area contributed by atoms with E-state index in [4.69, 9.17) is 17.3 Å². The summed E-state index contributed by atoms with van der Waals surface area (Å²) in [5.41, 5.74) is 6.31. The predicted octanol–water partition coefficient (Wildman–Crippen LogP) is -0.0201. The van der Waals surface area contributed by atoms with Gasteiger partial charge in [-0.1, -0.05) is 11.8 Å². The van der Waals surface area contributed by atoms with Crippen molar-refractivity contribution >= 4 is 44.9 Å². The molecule has 0 bridgehead atoms. The molecule has 1 amide bonds. The van der Waals surface area contributed by atoms with Crippen molar-refractivity contribution in [2.24, 2.45) is 0 Å². The van der Waals surface area contributed by atoms with E-state index in [9.17, 15) is 13.2 Å². The summed E-state index contributed by atoms with van der Waals surface area (Å²) in [5.74, 6) is -0.122. The van der Waals surface area contributed by atoms with Crippen LogP contribution >= 0.6 is 23.4 Å². The Bertz CT molecular complexity index is 633. The van der Waals surface area contributed by atoms with Gasteiger partial charge in [-0.25, -0.2) is 18.4 Å². The van der Waals surface area contributed by atoms with Crippen molar-refractivity contribution in [1.82, 2.24) is 15.3 Å². The highest BCUT2D eigenvalue weighted by molar-refractivity contribution is 7.99. The number of carbonyl (C=O) groups excluding carboxylic acids is 1. The number of sulfone groups is 1. The van der Waals surface area contributed by atoms with Gasteiger partial charge in [-0.3, -0.25) is 4.79 Å². The molecule has 0 aromatic carbocycles. The lowest BCUT2D eigenvalue weighted by Gasteiger charge is -2.13. The second kappa shape index (κ2) is 6.37. The fourth-order valence-corrected chi connectivity index (χ4v) is 5.22. The Morgan fingerprint density at radius 1 is 1.52 bits per heavy atom. The van der Waals surface area contributed by atoms with Crippen molar-refractivity contribution in [3.8, 4) is 0 Å². The molecular formula is C11H15ClN4O3S2. The Labute approximate surface area is 132 Å². The third-order valence-electron chi connectivity index (χ3n) is 2.82. The number of thioether (sulfide) groups is 1. The summed E-state index contributed by atoms with van der Waals surface area (Å²) < 4.78 is 22.8. The Morgan fingerprint density at radius 2 is 2.24 bits per heavy atom. The first-order chi connectivity index (χ1) is 9.75. The maximum absolute atomic E-state index is 11.8. The molecule has 1 aliphatic rings. The first-order valence-electron chi connectivity index (χ1n) is 6.13. The van der Waals surface area contributed by atoms with E-state index in [2.05, 4.69) is 15.3 Å². The second-order valence-electron chi connectivity index (χ2n) is 4.77. The Hall–Kier alpha value is -1.06. The van der Waals surface area contributed by atoms with Gasteiger partial charge in [-0.15, -0.1) is 11.6 Å². The highest BCUT2D eigenvalue weighted by Gasteiger charge is 2.37. The van der Waals surface area contributed by atoms with E-state index in [0.717, 1.165) is 11.8 Å². The van der Waals surface area contributed by atoms with Crippen LogP contribution in [0.4, 0.5) is 5.82 Å². The van der Waals surface area contributed by atoms with Gasteiger partial charge in [-0.05, 0) is 6.92 Å². The van der Waals surface area contributed by atoms with E-state index >= 15 is 0 Å². The summed E-state index contributed by atoms with van der Waals surface area (Å²) in [5, 5.41) is 2.44. The van der Waals surface area contributed by atoms with Crippen LogP contribution in [-0.2, 0) is 14.6 Å². The van der Waals surface area contributed by atoms with Crippen LogP contribution in [0.5, 0.6) is 0 Å². The number of nitrogen functional groups attached to an aromatic ring is 1. The minimum absolute atomic E-state index is 0.0725. The van der Waals surface area contributed by atoms with Crippen LogP contribution in [0.15, 0.2) is 11.2 Å². The van der Waals surface area contributed by atoms with Gasteiger partial charge in [0.15, 0.2) is 15.0 Å². The average Bonchev–Trinajstić information content (AvgIpc) is 2.58. The van der Waals surface area contributed by atoms with Crippen molar-refractivity contribution in [3.63, 3.8) is 0 Å². The van der Waals surface area contributed by atoms with Gasteiger partial charge >= 0.3 is 0 Å². The first-order valence-corrected chi connectivity index (χ1v) is 9.37. The minimum Gasteiger partial charge on any atom is -0.384 e. The maximum Gasteiger partial charge on any atom is 0.230 e. The lowest BCUT2D eigenvalue weighted by Crippen LogP contribution is -2.41. The summed E-state index contributed by atoms with van der Waals surface area (Å²) in [6.45, 7) is 1.78. The second-order valence-corrected chi connectivity index (χ2v) is 8.43. The number of nitrogens with two attached hydrogens (primary N) is 1. The van der Waals surface area contributed by atoms with Gasteiger partial charge in [-0.2, -0.15) is 0 Å². The highest BCUT2D eigenvalue weighted by atomic mass is 35.5. The molecule has 3 N–H and O–H groups in total. The summed E-state index contributed by atoms with van der Waals surface area (Å²) >= 11 is 7.06. The third-order valence-corrected chi connectivity index (χ3v) is 6.04. The van der Waals surface area contributed by atoms with Crippen LogP contribution in [0.25, 0.3) is 0 Å². The average molecular weight is 351 g/mol. The number of carbonyl (C=O) groups is 1. The van der Waals surface area contributed by atoms with E-state index in [0.29, 0.717) is 16.7 Å². The quantitative estimate of drug-likeness (QED) is 0.445. The third kappa shape index (κ3) is 4.72. The van der Waals surface area contributed by atoms with Crippen molar-refractivity contribution in [1.29, 1.82) is 0 Å². The summed E-state index contributed by atoms with van der Waals surface area (Å²) in [6.07, 6.45) is 0. The number of aryl methyl sites for hydroxylation is 1. The van der Waals surface area contributed by atoms with E-state index in [1.54, 1.807) is 13.0 Å². The van der Waals surface area contributed by atoms with E-state index in [1.165, 1.54) is 0 Å². The molecule has 1 aliphatic heterocycles. The smallest absolute Gasteiger partial charge is 0.230 e. The molecule has 0 radical (unpaired) electrons. The van der Waals surface area contributed by atoms with Gasteiger partial charge in [0.05, 0.1) is 28.7 Å². The predicted molar refractivity (Wildman–Crippen MR) is 82.1 cm³/mol. The zero-order chi connectivity index (χ0) is 15.6. The molecule has 1 fully saturated rings. The number of nitrogens with one attached hydrogen (secondary N) is 1. The summed E-state index contributed by atoms with van der Waals surface area (Å²) in [4.78, 5) is 20.0. The monoisotopic (exact) mass is 350 g/mol. The minimum atomic E-state index is -3.16. The Kier molecular flexibility index (Phi) is 4.95. The van der Waals surface area contributed by atoms with Crippen molar-refractivity contribution < 1.29 is 13.2 Å². The summed E-state index contributed by atoms with van der Waals surface area (Å²) in [6, 6.07) is 1.08. The fourth-order valence-electron chi connectivity index (χ4n) is 1.94. The number of alkyl halides is 1. The zero-order valence-corrected chi connectivity index (χ0v) is 13.6. The number of amides is 1. The molecule has 2 unspecified atom stereocenters. The highest BCUT2D eigenvalue weighted by Crippen LogP contribution is 2.19. The molecule has 0 aliphatic carbocycles. The van der Waals surface area contributed by atoms with Gasteiger partial charge in [0.25, 0.3) is 0 Å². The number of hydrogen-bond acceptors (Lipinski definition) is 7. The Balaban J connectivity index is 1.88. The van der Waals surface area contributed by atoms with Gasteiger partial charge in [0.1, 0.15) is 5.82 Å². The van der Waals surface area contributed by atoms with E-state index in [-0.39, 0.29) is 23.2 Å². The summed E-state index contributed by atoms with van der Waals surface area (Å²) in [7, 11) is -3.16. The van der Waals surface area contributed by atoms with Crippen LogP contribution in [-0.4, -0.2) is 53.0 Å². The number of halogens is 1. The lowest BCUT2D eigenvalue weighted by molar-refractivity contribution is -0.119. The van der Waals surface area contributed by atoms with Crippen molar-refractivity contribution in [2.75, 3.05) is 23.0 Å². The van der Waals surface area contributed by atoms with Gasteiger partial charge in [0, 0.05) is 11.8 Å². The number of nitrogens with zero attached hydrogens (tertiary/aromatic N) is 2. The fraction of sp³-hybridized carbons (Fsp3) is 0.545. The normalized spacial score (nSPS) is 23.9. The van der Waals surface area contributed by atoms with Crippen LogP contribution in [0, 0.1) is 6.92 Å². The van der Waals surface area contributed by atoms with Crippen molar-refractivity contribution in [3.05, 3.63) is 11.8 Å². The number of aromatic nitrogens is 2. The van der Waals surface area contributed by atoms with Gasteiger partial charge < -0.3 is 11.1 Å². The standard InChI is InChI=1S/C11H15ClN4O3S2/c1-6-2-9(13)16-11(14-6)20-3-10(17)15-8-5-21(18,19)4-7(8)12/h2,7-8H,3-5H2,1H3,(H,15,17)(H2,13,14,16). The molecule has 10 heteroatoms. The molecule has 1 aromatic heterocycles. The largest absolute Gasteiger partial charge is 0.384 e. The van der Waals surface area contributed by atoms with E-state index in [1.807, 2.05) is 0 Å². The molecule has 2 atom stereocenters. The van der Waals surface area contributed by atoms with Crippen LogP contribution in [0.2, 0.25) is 0 Å². The van der Waals surface area contributed by atoms with Crippen LogP contribution < -0.4 is 11.1 Å². The SMILES string of the molecule is Cc1cc(N)nc(SCC(=O)NC2CS(=O)(=O)CC2Cl)n1. The Morgan fingerprint density at radius 3 is 2.81 bits per heavy atom. The molecule has 0 saturated carbocycles. The molecular weight excluding hydrogens is 336 g/mol. The van der Waals surface area contributed by atoms with Gasteiger partial charge in [0.2, 0.25) is 5.91 Å². The zero-order valence-electron chi connectivity index (χ0n) is 11.2. The number of hydrogen-bond donors (Lipinski definition) is 2. The van der Waals surface area contributed by atoms with Crippen molar-refractivity contribution in [2.45, 2.75) is 23.5 Å². The molecule has 0 spiro atoms. The molecule has 2 rings (SSSR count). The lowest BCUT2D eigenvalue weighted by atomic mass is 10.2. The van der Waals surface area contributed by atoms with E-state index < -0.39 is 21.3 Å². The number of anilines is 1. The number of rotatable bonds is 4. The molecule has 7 nitrogen and oxygen atoms in total. The molecule has 21 heavy (non-hydrogen) atoms. The first kappa shape index (κ1) is 16.3. The molecule has 2 heterocycles. The molecule has 1 saturated heterocycles.